The first-order chi connectivity index (χ1) is 17.7. The summed E-state index contributed by atoms with van der Waals surface area (Å²) in [6.07, 6.45) is -0.620. The van der Waals surface area contributed by atoms with Crippen molar-refractivity contribution in [3.63, 3.8) is 0 Å². The molecule has 8 heteroatoms. The molecule has 0 aliphatic rings. The molecule has 37 heavy (non-hydrogen) atoms. The monoisotopic (exact) mass is 525 g/mol. The van der Waals surface area contributed by atoms with Gasteiger partial charge in [0.25, 0.3) is 0 Å². The van der Waals surface area contributed by atoms with Gasteiger partial charge in [-0.15, -0.1) is 11.6 Å². The SMILES string of the molecule is Cc1ccc(C)c(Oc2ccc(NC(=O)CCCC(=O)OC(CCCl)C(=O)c3ccc(F)cc3)cc2)c1. The molecule has 6 nitrogen and oxygen atoms in total. The van der Waals surface area contributed by atoms with Crippen LogP contribution in [0.1, 0.15) is 47.2 Å². The molecule has 194 valence electrons. The second-order valence-electron chi connectivity index (χ2n) is 8.62. The zero-order valence-corrected chi connectivity index (χ0v) is 21.5. The highest BCUT2D eigenvalue weighted by Gasteiger charge is 2.24. The number of esters is 1. The number of ketones is 1. The van der Waals surface area contributed by atoms with E-state index in [0.717, 1.165) is 29.0 Å². The molecule has 0 bridgehead atoms. The first-order valence-electron chi connectivity index (χ1n) is 12.0. The van der Waals surface area contributed by atoms with Crippen LogP contribution in [0.15, 0.2) is 66.7 Å². The summed E-state index contributed by atoms with van der Waals surface area (Å²) >= 11 is 5.76. The molecular formula is C29H29ClFNO5. The molecule has 1 atom stereocenters. The number of hydrogen-bond donors (Lipinski definition) is 1. The number of aryl methyl sites for hydroxylation is 2. The molecule has 0 aliphatic heterocycles. The van der Waals surface area contributed by atoms with Crippen LogP contribution in [0, 0.1) is 19.7 Å². The molecule has 1 unspecified atom stereocenters. The Balaban J connectivity index is 1.44. The molecular weight excluding hydrogens is 497 g/mol. The summed E-state index contributed by atoms with van der Waals surface area (Å²) in [7, 11) is 0. The molecule has 1 N–H and O–H groups in total. The lowest BCUT2D eigenvalue weighted by Gasteiger charge is -2.16. The van der Waals surface area contributed by atoms with Crippen molar-refractivity contribution >= 4 is 34.9 Å². The Morgan fingerprint density at radius 2 is 1.65 bits per heavy atom. The third-order valence-electron chi connectivity index (χ3n) is 5.56. The van der Waals surface area contributed by atoms with Gasteiger partial charge in [0.2, 0.25) is 11.7 Å². The summed E-state index contributed by atoms with van der Waals surface area (Å²) in [6.45, 7) is 3.97. The molecule has 3 rings (SSSR count). The second-order valence-corrected chi connectivity index (χ2v) is 9.00. The Hall–Kier alpha value is -3.71. The number of rotatable bonds is 12. The van der Waals surface area contributed by atoms with Crippen molar-refractivity contribution in [1.29, 1.82) is 0 Å². The topological polar surface area (TPSA) is 81.7 Å². The van der Waals surface area contributed by atoms with E-state index in [-0.39, 0.29) is 43.0 Å². The lowest BCUT2D eigenvalue weighted by Crippen LogP contribution is -2.28. The maximum Gasteiger partial charge on any atom is 0.306 e. The van der Waals surface area contributed by atoms with E-state index < -0.39 is 23.7 Å². The minimum absolute atomic E-state index is 0.0362. The van der Waals surface area contributed by atoms with Crippen molar-refractivity contribution < 1.29 is 28.2 Å². The largest absolute Gasteiger partial charge is 0.457 e. The van der Waals surface area contributed by atoms with E-state index in [1.54, 1.807) is 24.3 Å². The molecule has 0 aliphatic carbocycles. The van der Waals surface area contributed by atoms with Gasteiger partial charge in [0.15, 0.2) is 6.10 Å². The summed E-state index contributed by atoms with van der Waals surface area (Å²) in [5, 5.41) is 2.78. The molecule has 0 aromatic heterocycles. The van der Waals surface area contributed by atoms with Gasteiger partial charge in [-0.1, -0.05) is 12.1 Å². The van der Waals surface area contributed by atoms with Crippen LogP contribution in [-0.4, -0.2) is 29.6 Å². The number of halogens is 2. The normalized spacial score (nSPS) is 11.5. The van der Waals surface area contributed by atoms with E-state index in [2.05, 4.69) is 5.32 Å². The first kappa shape index (κ1) is 27.9. The zero-order chi connectivity index (χ0) is 26.8. The van der Waals surface area contributed by atoms with Crippen molar-refractivity contribution in [2.24, 2.45) is 0 Å². The van der Waals surface area contributed by atoms with E-state index in [1.165, 1.54) is 12.1 Å². The molecule has 0 fully saturated rings. The van der Waals surface area contributed by atoms with Crippen LogP contribution < -0.4 is 10.1 Å². The highest BCUT2D eigenvalue weighted by atomic mass is 35.5. The van der Waals surface area contributed by atoms with Crippen molar-refractivity contribution in [3.05, 3.63) is 89.2 Å². The van der Waals surface area contributed by atoms with Gasteiger partial charge in [-0.25, -0.2) is 4.39 Å². The van der Waals surface area contributed by atoms with Crippen LogP contribution in [-0.2, 0) is 14.3 Å². The number of benzene rings is 3. The second kappa shape index (κ2) is 13.6. The number of hydrogen-bond acceptors (Lipinski definition) is 5. The Labute approximate surface area is 220 Å². The number of ether oxygens (including phenoxy) is 2. The number of Topliss-reactive ketones (excluding diaryl/α,β-unsaturated/α-hetero) is 1. The number of carbonyl (C=O) groups excluding carboxylic acids is 3. The molecule has 0 saturated heterocycles. The fraction of sp³-hybridized carbons (Fsp3) is 0.276. The summed E-state index contributed by atoms with van der Waals surface area (Å²) in [4.78, 5) is 37.2. The van der Waals surface area contributed by atoms with E-state index in [1.807, 2.05) is 32.0 Å². The fourth-order valence-electron chi connectivity index (χ4n) is 3.53. The molecule has 3 aromatic rings. The summed E-state index contributed by atoms with van der Waals surface area (Å²) in [5.41, 5.74) is 2.96. The highest BCUT2D eigenvalue weighted by Crippen LogP contribution is 2.27. The van der Waals surface area contributed by atoms with Crippen molar-refractivity contribution in [1.82, 2.24) is 0 Å². The number of nitrogens with one attached hydrogen (secondary N) is 1. The minimum Gasteiger partial charge on any atom is -0.457 e. The average Bonchev–Trinajstić information content (AvgIpc) is 2.87. The predicted octanol–water partition coefficient (Wildman–Crippen LogP) is 6.77. The molecule has 0 radical (unpaired) electrons. The van der Waals surface area contributed by atoms with Crippen LogP contribution in [0.3, 0.4) is 0 Å². The third kappa shape index (κ3) is 8.72. The van der Waals surface area contributed by atoms with Crippen molar-refractivity contribution in [2.75, 3.05) is 11.2 Å². The highest BCUT2D eigenvalue weighted by molar-refractivity contribution is 6.18. The Kier molecular flexibility index (Phi) is 10.2. The van der Waals surface area contributed by atoms with Crippen molar-refractivity contribution in [3.8, 4) is 11.5 Å². The van der Waals surface area contributed by atoms with Gasteiger partial charge in [-0.3, -0.25) is 14.4 Å². The average molecular weight is 526 g/mol. The van der Waals surface area contributed by atoms with Gasteiger partial charge in [-0.05, 0) is 86.0 Å². The van der Waals surface area contributed by atoms with Crippen LogP contribution in [0.25, 0.3) is 0 Å². The summed E-state index contributed by atoms with van der Waals surface area (Å²) in [5.74, 6) is -0.240. The number of alkyl halides is 1. The fourth-order valence-corrected chi connectivity index (χ4v) is 3.73. The van der Waals surface area contributed by atoms with Gasteiger partial charge in [0.05, 0.1) is 0 Å². The molecule has 0 spiro atoms. The number of anilines is 1. The predicted molar refractivity (Wildman–Crippen MR) is 141 cm³/mol. The molecule has 0 heterocycles. The molecule has 3 aromatic carbocycles. The number of amides is 1. The van der Waals surface area contributed by atoms with Gasteiger partial charge < -0.3 is 14.8 Å². The lowest BCUT2D eigenvalue weighted by molar-refractivity contribution is -0.147. The Morgan fingerprint density at radius 1 is 0.946 bits per heavy atom. The zero-order valence-electron chi connectivity index (χ0n) is 20.8. The van der Waals surface area contributed by atoms with Crippen LogP contribution >= 0.6 is 11.6 Å². The van der Waals surface area contributed by atoms with Crippen LogP contribution in [0.4, 0.5) is 10.1 Å². The van der Waals surface area contributed by atoms with E-state index >= 15 is 0 Å². The van der Waals surface area contributed by atoms with Gasteiger partial charge in [0.1, 0.15) is 17.3 Å². The number of carbonyl (C=O) groups is 3. The smallest absolute Gasteiger partial charge is 0.306 e. The van der Waals surface area contributed by atoms with E-state index in [4.69, 9.17) is 21.1 Å². The van der Waals surface area contributed by atoms with Crippen LogP contribution in [0.5, 0.6) is 11.5 Å². The Bertz CT molecular complexity index is 1230. The maximum absolute atomic E-state index is 13.1. The Morgan fingerprint density at radius 3 is 2.32 bits per heavy atom. The lowest BCUT2D eigenvalue weighted by atomic mass is 10.0. The maximum atomic E-state index is 13.1. The third-order valence-corrected chi connectivity index (χ3v) is 5.78. The minimum atomic E-state index is -1.06. The van der Waals surface area contributed by atoms with Gasteiger partial charge in [0, 0.05) is 36.4 Å². The van der Waals surface area contributed by atoms with Gasteiger partial charge >= 0.3 is 5.97 Å². The van der Waals surface area contributed by atoms with E-state index in [0.29, 0.717) is 11.4 Å². The molecule has 1 amide bonds. The quantitative estimate of drug-likeness (QED) is 0.160. The standard InChI is InChI=1S/C29H29ClFNO5/c1-19-6-7-20(2)26(18-19)36-24-14-12-23(13-15-24)32-27(33)4-3-5-28(34)37-25(16-17-30)29(35)21-8-10-22(31)11-9-21/h6-15,18,25H,3-5,16-17H2,1-2H3,(H,32,33). The van der Waals surface area contributed by atoms with Crippen LogP contribution in [0.2, 0.25) is 0 Å². The van der Waals surface area contributed by atoms with Crippen molar-refractivity contribution in [2.45, 2.75) is 45.6 Å². The first-order valence-corrected chi connectivity index (χ1v) is 12.5. The molecule has 0 saturated carbocycles. The summed E-state index contributed by atoms with van der Waals surface area (Å²) in [6, 6.07) is 18.0. The van der Waals surface area contributed by atoms with E-state index in [9.17, 15) is 18.8 Å². The van der Waals surface area contributed by atoms with Gasteiger partial charge in [-0.2, -0.15) is 0 Å². The summed E-state index contributed by atoms with van der Waals surface area (Å²) < 4.78 is 24.3.